The first-order valence-electron chi connectivity index (χ1n) is 6.76. The van der Waals surface area contributed by atoms with Gasteiger partial charge in [0.2, 0.25) is 0 Å². The maximum Gasteiger partial charge on any atom is 0.189 e. The topological polar surface area (TPSA) is 29.5 Å². The molecule has 0 saturated carbocycles. The van der Waals surface area contributed by atoms with Gasteiger partial charge >= 0.3 is 0 Å². The van der Waals surface area contributed by atoms with E-state index in [-0.39, 0.29) is 5.78 Å². The quantitative estimate of drug-likeness (QED) is 0.596. The highest BCUT2D eigenvalue weighted by Crippen LogP contribution is 2.21. The third-order valence-electron chi connectivity index (χ3n) is 2.92. The molecule has 0 saturated heterocycles. The minimum Gasteiger partial charge on any atom is -0.457 e. The van der Waals surface area contributed by atoms with Crippen LogP contribution in [0.4, 0.5) is 0 Å². The Morgan fingerprint density at radius 2 is 1.57 bits per heavy atom. The third-order valence-corrected chi connectivity index (χ3v) is 2.92. The summed E-state index contributed by atoms with van der Waals surface area (Å²) in [5, 5.41) is 0. The maximum absolute atomic E-state index is 12.2. The van der Waals surface area contributed by atoms with Crippen molar-refractivity contribution in [3.63, 3.8) is 0 Å². The van der Waals surface area contributed by atoms with Gasteiger partial charge < -0.3 is 9.64 Å². The summed E-state index contributed by atoms with van der Waals surface area (Å²) >= 11 is 0. The number of carbonyl (C=O) groups excluding carboxylic acids is 1. The van der Waals surface area contributed by atoms with Gasteiger partial charge in [-0.1, -0.05) is 24.8 Å². The van der Waals surface area contributed by atoms with Gasteiger partial charge in [0.25, 0.3) is 0 Å². The number of likely N-dealkylation sites (N-methyl/N-ethyl adjacent to an activating group) is 1. The van der Waals surface area contributed by atoms with Gasteiger partial charge in [-0.2, -0.15) is 0 Å². The van der Waals surface area contributed by atoms with Crippen molar-refractivity contribution in [2.75, 3.05) is 20.6 Å². The fourth-order valence-corrected chi connectivity index (χ4v) is 1.96. The number of ketones is 1. The number of ether oxygens (including phenoxy) is 1. The number of Topliss-reactive ketones (excluding diaryl/α,β-unsaturated/α-hetero) is 1. The monoisotopic (exact) mass is 281 g/mol. The second-order valence-corrected chi connectivity index (χ2v) is 5.11. The molecular weight excluding hydrogens is 262 g/mol. The molecule has 21 heavy (non-hydrogen) atoms. The first kappa shape index (κ1) is 15.0. The molecule has 0 aliphatic carbocycles. The van der Waals surface area contributed by atoms with Crippen LogP contribution in [0.25, 0.3) is 0 Å². The number of nitrogens with zero attached hydrogens (tertiary/aromatic N) is 1. The zero-order chi connectivity index (χ0) is 15.2. The normalized spacial score (nSPS) is 10.4. The van der Waals surface area contributed by atoms with E-state index in [0.29, 0.717) is 23.4 Å². The molecule has 3 nitrogen and oxygen atoms in total. The SMILES string of the molecule is C=C(CN(C)C)C(=O)c1ccc(Oc2ccccc2)cc1. The van der Waals surface area contributed by atoms with E-state index >= 15 is 0 Å². The first-order chi connectivity index (χ1) is 10.1. The predicted molar refractivity (Wildman–Crippen MR) is 85.0 cm³/mol. The van der Waals surface area contributed by atoms with Crippen LogP contribution in [0.15, 0.2) is 66.7 Å². The largest absolute Gasteiger partial charge is 0.457 e. The molecule has 2 aromatic rings. The van der Waals surface area contributed by atoms with Crippen molar-refractivity contribution < 1.29 is 9.53 Å². The molecule has 0 unspecified atom stereocenters. The number of rotatable bonds is 6. The van der Waals surface area contributed by atoms with Crippen molar-refractivity contribution in [1.29, 1.82) is 0 Å². The van der Waals surface area contributed by atoms with Gasteiger partial charge in [0.15, 0.2) is 5.78 Å². The summed E-state index contributed by atoms with van der Waals surface area (Å²) in [5.74, 6) is 1.44. The summed E-state index contributed by atoms with van der Waals surface area (Å²) in [4.78, 5) is 14.1. The van der Waals surface area contributed by atoms with Crippen LogP contribution < -0.4 is 4.74 Å². The molecule has 0 amide bonds. The van der Waals surface area contributed by atoms with Crippen LogP contribution >= 0.6 is 0 Å². The standard InChI is InChI=1S/C18H19NO2/c1-14(13-19(2)3)18(20)15-9-11-17(12-10-15)21-16-7-5-4-6-8-16/h4-12H,1,13H2,2-3H3. The van der Waals surface area contributed by atoms with Gasteiger partial charge in [-0.25, -0.2) is 0 Å². The molecule has 108 valence electrons. The third kappa shape index (κ3) is 4.29. The van der Waals surface area contributed by atoms with Crippen LogP contribution in [0.2, 0.25) is 0 Å². The number of benzene rings is 2. The Kier molecular flexibility index (Phi) is 4.90. The zero-order valence-electron chi connectivity index (χ0n) is 12.4. The molecule has 0 heterocycles. The molecule has 0 fully saturated rings. The van der Waals surface area contributed by atoms with Gasteiger partial charge in [0.1, 0.15) is 11.5 Å². The highest BCUT2D eigenvalue weighted by atomic mass is 16.5. The lowest BCUT2D eigenvalue weighted by atomic mass is 10.0. The van der Waals surface area contributed by atoms with Gasteiger partial charge in [-0.05, 0) is 50.5 Å². The Morgan fingerprint density at radius 1 is 1.00 bits per heavy atom. The average molecular weight is 281 g/mol. The lowest BCUT2D eigenvalue weighted by Crippen LogP contribution is -2.19. The van der Waals surface area contributed by atoms with Crippen LogP contribution in [-0.2, 0) is 0 Å². The maximum atomic E-state index is 12.2. The molecule has 0 N–H and O–H groups in total. The van der Waals surface area contributed by atoms with E-state index in [4.69, 9.17) is 4.74 Å². The Hall–Kier alpha value is -2.39. The van der Waals surface area contributed by atoms with E-state index in [1.165, 1.54) is 0 Å². The molecule has 0 aromatic heterocycles. The van der Waals surface area contributed by atoms with E-state index in [1.807, 2.05) is 49.3 Å². The second kappa shape index (κ2) is 6.86. The second-order valence-electron chi connectivity index (χ2n) is 5.11. The van der Waals surface area contributed by atoms with E-state index in [2.05, 4.69) is 6.58 Å². The Bertz CT molecular complexity index is 615. The van der Waals surface area contributed by atoms with Crippen molar-refractivity contribution in [3.05, 3.63) is 72.3 Å². The Labute approximate surface area is 125 Å². The molecule has 0 aliphatic heterocycles. The summed E-state index contributed by atoms with van der Waals surface area (Å²) < 4.78 is 5.70. The molecule has 0 aliphatic rings. The van der Waals surface area contributed by atoms with Crippen molar-refractivity contribution in [2.24, 2.45) is 0 Å². The number of carbonyl (C=O) groups is 1. The average Bonchev–Trinajstić information content (AvgIpc) is 2.47. The van der Waals surface area contributed by atoms with E-state index in [1.54, 1.807) is 24.3 Å². The smallest absolute Gasteiger partial charge is 0.189 e. The van der Waals surface area contributed by atoms with E-state index in [9.17, 15) is 4.79 Å². The molecule has 3 heteroatoms. The Morgan fingerprint density at radius 3 is 2.14 bits per heavy atom. The summed E-state index contributed by atoms with van der Waals surface area (Å²) in [5.41, 5.74) is 1.21. The van der Waals surface area contributed by atoms with Gasteiger partial charge in [-0.3, -0.25) is 4.79 Å². The van der Waals surface area contributed by atoms with Gasteiger partial charge in [0, 0.05) is 17.7 Å². The first-order valence-corrected chi connectivity index (χ1v) is 6.76. The minimum atomic E-state index is -0.0324. The van der Waals surface area contributed by atoms with Gasteiger partial charge in [0.05, 0.1) is 0 Å². The number of hydrogen-bond acceptors (Lipinski definition) is 3. The van der Waals surface area contributed by atoms with Crippen LogP contribution in [0.5, 0.6) is 11.5 Å². The highest BCUT2D eigenvalue weighted by Gasteiger charge is 2.11. The zero-order valence-corrected chi connectivity index (χ0v) is 12.4. The van der Waals surface area contributed by atoms with Crippen molar-refractivity contribution >= 4 is 5.78 Å². The fourth-order valence-electron chi connectivity index (χ4n) is 1.96. The van der Waals surface area contributed by atoms with Crippen LogP contribution in [0, 0.1) is 0 Å². The summed E-state index contributed by atoms with van der Waals surface area (Å²) in [6, 6.07) is 16.7. The molecule has 2 rings (SSSR count). The van der Waals surface area contributed by atoms with Gasteiger partial charge in [-0.15, -0.1) is 0 Å². The number of para-hydroxylation sites is 1. The van der Waals surface area contributed by atoms with E-state index < -0.39 is 0 Å². The molecule has 0 radical (unpaired) electrons. The Balaban J connectivity index is 2.05. The van der Waals surface area contributed by atoms with Crippen LogP contribution in [0.1, 0.15) is 10.4 Å². The van der Waals surface area contributed by atoms with Crippen molar-refractivity contribution in [2.45, 2.75) is 0 Å². The predicted octanol–water partition coefficient (Wildman–Crippen LogP) is 3.78. The van der Waals surface area contributed by atoms with Crippen molar-refractivity contribution in [3.8, 4) is 11.5 Å². The molecule has 2 aromatic carbocycles. The lowest BCUT2D eigenvalue weighted by Gasteiger charge is -2.11. The molecule has 0 atom stereocenters. The lowest BCUT2D eigenvalue weighted by molar-refractivity contribution is 0.102. The highest BCUT2D eigenvalue weighted by molar-refractivity contribution is 6.08. The summed E-state index contributed by atoms with van der Waals surface area (Å²) in [6.07, 6.45) is 0. The molecular formula is C18H19NO2. The van der Waals surface area contributed by atoms with Crippen LogP contribution in [0.3, 0.4) is 0 Å². The minimum absolute atomic E-state index is 0.0324. The molecule has 0 bridgehead atoms. The summed E-state index contributed by atoms with van der Waals surface area (Å²) in [7, 11) is 3.82. The number of hydrogen-bond donors (Lipinski definition) is 0. The van der Waals surface area contributed by atoms with E-state index in [0.717, 1.165) is 5.75 Å². The van der Waals surface area contributed by atoms with Crippen LogP contribution in [-0.4, -0.2) is 31.3 Å². The fraction of sp³-hybridized carbons (Fsp3) is 0.167. The van der Waals surface area contributed by atoms with Crippen molar-refractivity contribution in [1.82, 2.24) is 4.90 Å². The summed E-state index contributed by atoms with van der Waals surface area (Å²) in [6.45, 7) is 4.40. The molecule has 0 spiro atoms.